The predicted octanol–water partition coefficient (Wildman–Crippen LogP) is 3.05. The van der Waals surface area contributed by atoms with E-state index < -0.39 is 28.5 Å². The van der Waals surface area contributed by atoms with Crippen LogP contribution in [-0.4, -0.2) is 53.7 Å². The number of hydrogen-bond acceptors (Lipinski definition) is 9. The lowest BCUT2D eigenvalue weighted by molar-refractivity contribution is -0.384. The molecule has 3 amide bonds. The van der Waals surface area contributed by atoms with Crippen molar-refractivity contribution < 1.29 is 33.5 Å². The van der Waals surface area contributed by atoms with Gasteiger partial charge in [0.25, 0.3) is 16.8 Å². The largest absolute Gasteiger partial charge is 0.496 e. The summed E-state index contributed by atoms with van der Waals surface area (Å²) in [4.78, 5) is 48.9. The molecule has 2 aliphatic rings. The predicted molar refractivity (Wildman–Crippen MR) is 118 cm³/mol. The fourth-order valence-electron chi connectivity index (χ4n) is 3.19. The molecule has 0 aliphatic carbocycles. The summed E-state index contributed by atoms with van der Waals surface area (Å²) >= 11 is 0.634. The smallest absolute Gasteiger partial charge is 0.294 e. The molecule has 1 saturated heterocycles. The van der Waals surface area contributed by atoms with Crippen molar-refractivity contribution in [3.05, 3.63) is 57.0 Å². The van der Waals surface area contributed by atoms with E-state index in [9.17, 15) is 24.5 Å². The number of non-ortho nitro benzene ring substituents is 1. The average molecular weight is 471 g/mol. The second kappa shape index (κ2) is 9.20. The molecular weight excluding hydrogens is 454 g/mol. The van der Waals surface area contributed by atoms with Gasteiger partial charge < -0.3 is 19.5 Å². The van der Waals surface area contributed by atoms with E-state index in [1.807, 2.05) is 0 Å². The van der Waals surface area contributed by atoms with E-state index in [4.69, 9.17) is 14.2 Å². The number of rotatable bonds is 6. The molecule has 33 heavy (non-hydrogen) atoms. The molecule has 1 N–H and O–H groups in total. The molecule has 1 fully saturated rings. The maximum Gasteiger partial charge on any atom is 0.294 e. The van der Waals surface area contributed by atoms with Gasteiger partial charge in [0.05, 0.1) is 16.9 Å². The first-order valence-electron chi connectivity index (χ1n) is 9.63. The number of carbonyl (C=O) groups is 3. The van der Waals surface area contributed by atoms with Gasteiger partial charge in [-0.15, -0.1) is 0 Å². The lowest BCUT2D eigenvalue weighted by Gasteiger charge is -2.19. The van der Waals surface area contributed by atoms with Crippen molar-refractivity contribution in [3.63, 3.8) is 0 Å². The van der Waals surface area contributed by atoms with Crippen LogP contribution in [0.25, 0.3) is 6.08 Å². The number of anilines is 1. The summed E-state index contributed by atoms with van der Waals surface area (Å²) in [5.41, 5.74) is 0.492. The molecule has 12 heteroatoms. The number of nitrogens with one attached hydrogen (secondary N) is 1. The lowest BCUT2D eigenvalue weighted by Crippen LogP contribution is -2.36. The quantitative estimate of drug-likeness (QED) is 0.383. The number of thioether (sulfide) groups is 1. The SMILES string of the molecule is COc1ccc([N+](=O)[O-])cc1/C=C1/SC(=O)N(CC(=O)Nc2ccc3c(c2)OCCO3)C1=O. The van der Waals surface area contributed by atoms with E-state index >= 15 is 0 Å². The number of hydrogen-bond donors (Lipinski definition) is 1. The van der Waals surface area contributed by atoms with Crippen molar-refractivity contribution >= 4 is 46.3 Å². The Morgan fingerprint density at radius 2 is 1.97 bits per heavy atom. The van der Waals surface area contributed by atoms with Gasteiger partial charge in [0, 0.05) is 29.4 Å². The fourth-order valence-corrected chi connectivity index (χ4v) is 4.02. The number of nitro benzene ring substituents is 1. The molecule has 2 aromatic carbocycles. The van der Waals surface area contributed by atoms with Gasteiger partial charge in [0.15, 0.2) is 11.5 Å². The molecule has 2 heterocycles. The third kappa shape index (κ3) is 4.75. The zero-order valence-electron chi connectivity index (χ0n) is 17.2. The zero-order chi connectivity index (χ0) is 23.5. The van der Waals surface area contributed by atoms with Crippen LogP contribution < -0.4 is 19.5 Å². The minimum Gasteiger partial charge on any atom is -0.496 e. The van der Waals surface area contributed by atoms with Crippen LogP contribution in [0.1, 0.15) is 5.56 Å². The number of carbonyl (C=O) groups excluding carboxylic acids is 3. The number of imide groups is 1. The van der Waals surface area contributed by atoms with Crippen molar-refractivity contribution in [2.45, 2.75) is 0 Å². The van der Waals surface area contributed by atoms with Crippen molar-refractivity contribution in [1.82, 2.24) is 4.90 Å². The highest BCUT2D eigenvalue weighted by Crippen LogP contribution is 2.35. The summed E-state index contributed by atoms with van der Waals surface area (Å²) in [5, 5.41) is 13.0. The van der Waals surface area contributed by atoms with Crippen LogP contribution in [0.3, 0.4) is 0 Å². The van der Waals surface area contributed by atoms with Gasteiger partial charge in [0.1, 0.15) is 25.5 Å². The van der Waals surface area contributed by atoms with Gasteiger partial charge in [0.2, 0.25) is 5.91 Å². The Kier molecular flexibility index (Phi) is 6.18. The molecule has 0 radical (unpaired) electrons. The van der Waals surface area contributed by atoms with Crippen molar-refractivity contribution in [3.8, 4) is 17.2 Å². The summed E-state index contributed by atoms with van der Waals surface area (Å²) < 4.78 is 16.1. The first-order chi connectivity index (χ1) is 15.9. The molecule has 170 valence electrons. The summed E-state index contributed by atoms with van der Waals surface area (Å²) in [6, 6.07) is 8.77. The Morgan fingerprint density at radius 1 is 1.21 bits per heavy atom. The minimum absolute atomic E-state index is 0.0194. The number of amides is 3. The third-order valence-corrected chi connectivity index (χ3v) is 5.62. The molecular formula is C21H17N3O8S. The van der Waals surface area contributed by atoms with E-state index in [-0.39, 0.29) is 16.2 Å². The lowest BCUT2D eigenvalue weighted by atomic mass is 10.1. The van der Waals surface area contributed by atoms with Gasteiger partial charge in [-0.2, -0.15) is 0 Å². The maximum atomic E-state index is 12.7. The molecule has 0 bridgehead atoms. The number of fused-ring (bicyclic) bond motifs is 1. The molecule has 0 atom stereocenters. The van der Waals surface area contributed by atoms with Gasteiger partial charge in [-0.25, -0.2) is 0 Å². The topological polar surface area (TPSA) is 137 Å². The number of benzene rings is 2. The summed E-state index contributed by atoms with van der Waals surface area (Å²) in [6.45, 7) is 0.332. The number of ether oxygens (including phenoxy) is 3. The molecule has 11 nitrogen and oxygen atoms in total. The van der Waals surface area contributed by atoms with Crippen molar-refractivity contribution in [2.75, 3.05) is 32.2 Å². The Hall–Kier alpha value is -4.06. The monoisotopic (exact) mass is 471 g/mol. The first-order valence-corrected chi connectivity index (χ1v) is 10.4. The highest BCUT2D eigenvalue weighted by atomic mass is 32.2. The average Bonchev–Trinajstić information content (AvgIpc) is 3.06. The van der Waals surface area contributed by atoms with Crippen LogP contribution in [0, 0.1) is 10.1 Å². The number of nitro groups is 1. The van der Waals surface area contributed by atoms with Crippen LogP contribution in [0.4, 0.5) is 16.2 Å². The Morgan fingerprint density at radius 3 is 2.70 bits per heavy atom. The molecule has 2 aliphatic heterocycles. The van der Waals surface area contributed by atoms with Gasteiger partial charge >= 0.3 is 0 Å². The second-order valence-electron chi connectivity index (χ2n) is 6.86. The summed E-state index contributed by atoms with van der Waals surface area (Å²) in [5.74, 6) is 0.0775. The summed E-state index contributed by atoms with van der Waals surface area (Å²) in [7, 11) is 1.38. The van der Waals surface area contributed by atoms with E-state index in [0.717, 1.165) is 4.90 Å². The van der Waals surface area contributed by atoms with Crippen molar-refractivity contribution in [2.24, 2.45) is 0 Å². The van der Waals surface area contributed by atoms with E-state index in [0.29, 0.717) is 47.9 Å². The van der Waals surface area contributed by atoms with Crippen LogP contribution in [0.15, 0.2) is 41.3 Å². The fraction of sp³-hybridized carbons (Fsp3) is 0.190. The maximum absolute atomic E-state index is 12.7. The summed E-state index contributed by atoms with van der Waals surface area (Å²) in [6.07, 6.45) is 1.33. The molecule has 0 saturated carbocycles. The standard InChI is InChI=1S/C21H17N3O8S/c1-30-15-5-3-14(24(28)29)8-12(15)9-18-20(26)23(21(27)33-18)11-19(25)22-13-2-4-16-17(10-13)32-7-6-31-16/h2-5,8-10H,6-7,11H2,1H3,(H,22,25)/b18-9+. The highest BCUT2D eigenvalue weighted by Gasteiger charge is 2.36. The minimum atomic E-state index is -0.684. The van der Waals surface area contributed by atoms with Gasteiger partial charge in [-0.3, -0.25) is 29.4 Å². The third-order valence-electron chi connectivity index (χ3n) is 4.71. The number of methoxy groups -OCH3 is 1. The molecule has 4 rings (SSSR count). The normalized spacial score (nSPS) is 16.2. The molecule has 2 aromatic rings. The molecule has 0 spiro atoms. The van der Waals surface area contributed by atoms with Crippen LogP contribution in [0.2, 0.25) is 0 Å². The van der Waals surface area contributed by atoms with E-state index in [2.05, 4.69) is 5.32 Å². The van der Waals surface area contributed by atoms with E-state index in [1.54, 1.807) is 18.2 Å². The Balaban J connectivity index is 1.48. The van der Waals surface area contributed by atoms with Crippen LogP contribution >= 0.6 is 11.8 Å². The second-order valence-corrected chi connectivity index (χ2v) is 7.85. The first kappa shape index (κ1) is 22.1. The Bertz CT molecular complexity index is 1200. The van der Waals surface area contributed by atoms with E-state index in [1.165, 1.54) is 31.4 Å². The number of nitrogens with zero attached hydrogens (tertiary/aromatic N) is 2. The van der Waals surface area contributed by atoms with Crippen LogP contribution in [-0.2, 0) is 9.59 Å². The van der Waals surface area contributed by atoms with Crippen molar-refractivity contribution in [1.29, 1.82) is 0 Å². The highest BCUT2D eigenvalue weighted by molar-refractivity contribution is 8.18. The van der Waals surface area contributed by atoms with Gasteiger partial charge in [-0.05, 0) is 36.0 Å². The van der Waals surface area contributed by atoms with Gasteiger partial charge in [-0.1, -0.05) is 0 Å². The Labute approximate surface area is 191 Å². The zero-order valence-corrected chi connectivity index (χ0v) is 18.0. The molecule has 0 aromatic heterocycles. The molecule has 0 unspecified atom stereocenters. The van der Waals surface area contributed by atoms with Crippen LogP contribution in [0.5, 0.6) is 17.2 Å².